The molecule has 0 amide bonds. The molecule has 0 bridgehead atoms. The van der Waals surface area contributed by atoms with E-state index >= 15 is 0 Å². The molecule has 0 fully saturated rings. The number of rotatable bonds is 11. The van der Waals surface area contributed by atoms with Crippen LogP contribution in [0, 0.1) is 0 Å². The average molecular weight is 301 g/mol. The Balaban J connectivity index is 4.85. The molecular formula is C16H32O3Si. The molecule has 0 spiro atoms. The van der Waals surface area contributed by atoms with Crippen LogP contribution in [0.4, 0.5) is 0 Å². The van der Waals surface area contributed by atoms with Crippen LogP contribution in [0.5, 0.6) is 0 Å². The Morgan fingerprint density at radius 2 is 1.35 bits per heavy atom. The van der Waals surface area contributed by atoms with E-state index < -0.39 is 8.80 Å². The molecule has 20 heavy (non-hydrogen) atoms. The molecular weight excluding hydrogens is 268 g/mol. The highest BCUT2D eigenvalue weighted by molar-refractivity contribution is 6.60. The largest absolute Gasteiger partial charge is 0.501 e. The molecule has 118 valence electrons. The molecule has 0 N–H and O–H groups in total. The van der Waals surface area contributed by atoms with E-state index in [1.807, 2.05) is 41.5 Å². The van der Waals surface area contributed by atoms with Gasteiger partial charge < -0.3 is 13.3 Å². The zero-order valence-electron chi connectivity index (χ0n) is 14.1. The van der Waals surface area contributed by atoms with Gasteiger partial charge >= 0.3 is 8.80 Å². The van der Waals surface area contributed by atoms with Crippen LogP contribution in [0.25, 0.3) is 0 Å². The van der Waals surface area contributed by atoms with Gasteiger partial charge in [0, 0.05) is 24.4 Å². The minimum absolute atomic E-state index is 0.0989. The second-order valence-corrected chi connectivity index (χ2v) is 8.47. The summed E-state index contributed by atoms with van der Waals surface area (Å²) in [5.41, 5.74) is 1.05. The summed E-state index contributed by atoms with van der Waals surface area (Å²) >= 11 is 0. The fourth-order valence-electron chi connectivity index (χ4n) is 1.97. The Kier molecular flexibility index (Phi) is 9.30. The summed E-state index contributed by atoms with van der Waals surface area (Å²) in [5, 5.41) is 0. The van der Waals surface area contributed by atoms with Crippen LogP contribution in [0.2, 0.25) is 6.04 Å². The number of allylic oxidation sites excluding steroid dienone is 2. The Labute approximate surface area is 126 Å². The Bertz CT molecular complexity index is 272. The topological polar surface area (TPSA) is 27.7 Å². The van der Waals surface area contributed by atoms with Crippen LogP contribution in [0.3, 0.4) is 0 Å². The maximum atomic E-state index is 6.11. The smallest absolute Gasteiger partial charge is 0.371 e. The molecule has 0 radical (unpaired) electrons. The first-order chi connectivity index (χ1) is 9.20. The van der Waals surface area contributed by atoms with Crippen molar-refractivity contribution in [2.24, 2.45) is 0 Å². The predicted molar refractivity (Wildman–Crippen MR) is 87.8 cm³/mol. The van der Waals surface area contributed by atoms with Crippen LogP contribution in [-0.2, 0) is 13.3 Å². The fraction of sp³-hybridized carbons (Fsp3) is 0.750. The lowest BCUT2D eigenvalue weighted by molar-refractivity contribution is 0.00293. The van der Waals surface area contributed by atoms with Crippen LogP contribution < -0.4 is 0 Å². The SMILES string of the molecule is C=CC(=C)CCC[Si](OC(C)C)(OC(C)C)OC(C)C. The predicted octanol–water partition coefficient (Wildman–Crippen LogP) is 4.72. The first-order valence-corrected chi connectivity index (χ1v) is 9.47. The third-order valence-corrected chi connectivity index (χ3v) is 5.97. The van der Waals surface area contributed by atoms with E-state index in [0.29, 0.717) is 0 Å². The molecule has 3 nitrogen and oxygen atoms in total. The maximum Gasteiger partial charge on any atom is 0.501 e. The molecule has 4 heteroatoms. The van der Waals surface area contributed by atoms with Crippen molar-refractivity contribution in [1.29, 1.82) is 0 Å². The van der Waals surface area contributed by atoms with Gasteiger partial charge in [0.15, 0.2) is 0 Å². The minimum atomic E-state index is -2.64. The van der Waals surface area contributed by atoms with Crippen molar-refractivity contribution in [2.45, 2.75) is 78.7 Å². The molecule has 0 aromatic heterocycles. The number of hydrogen-bond donors (Lipinski definition) is 0. The number of hydrogen-bond acceptors (Lipinski definition) is 3. The Morgan fingerprint density at radius 3 is 1.65 bits per heavy atom. The minimum Gasteiger partial charge on any atom is -0.371 e. The molecule has 0 saturated heterocycles. The lowest BCUT2D eigenvalue weighted by Gasteiger charge is -2.34. The summed E-state index contributed by atoms with van der Waals surface area (Å²) in [6, 6.07) is 0.814. The molecule has 0 aliphatic carbocycles. The quantitative estimate of drug-likeness (QED) is 0.408. The highest BCUT2D eigenvalue weighted by Gasteiger charge is 2.43. The molecule has 0 aromatic rings. The van der Waals surface area contributed by atoms with Crippen molar-refractivity contribution < 1.29 is 13.3 Å². The second-order valence-electron chi connectivity index (χ2n) is 5.90. The van der Waals surface area contributed by atoms with Gasteiger partial charge in [0.25, 0.3) is 0 Å². The van der Waals surface area contributed by atoms with Gasteiger partial charge in [-0.25, -0.2) is 0 Å². The highest BCUT2D eigenvalue weighted by atomic mass is 28.4. The lowest BCUT2D eigenvalue weighted by Crippen LogP contribution is -2.50. The van der Waals surface area contributed by atoms with Gasteiger partial charge in [0.05, 0.1) is 0 Å². The molecule has 0 heterocycles. The molecule has 0 rings (SSSR count). The summed E-state index contributed by atoms with van der Waals surface area (Å²) < 4.78 is 18.3. The van der Waals surface area contributed by atoms with Gasteiger partial charge in [-0.2, -0.15) is 0 Å². The fourth-order valence-corrected chi connectivity index (χ4v) is 5.26. The average Bonchev–Trinajstić information content (AvgIpc) is 2.25. The van der Waals surface area contributed by atoms with Crippen LogP contribution in [0.1, 0.15) is 54.4 Å². The van der Waals surface area contributed by atoms with Crippen molar-refractivity contribution in [3.8, 4) is 0 Å². The molecule has 0 aliphatic heterocycles. The second kappa shape index (κ2) is 9.50. The van der Waals surface area contributed by atoms with E-state index in [-0.39, 0.29) is 18.3 Å². The van der Waals surface area contributed by atoms with Gasteiger partial charge in [-0.15, -0.1) is 0 Å². The first kappa shape index (κ1) is 19.6. The van der Waals surface area contributed by atoms with E-state index in [1.54, 1.807) is 6.08 Å². The highest BCUT2D eigenvalue weighted by Crippen LogP contribution is 2.25. The monoisotopic (exact) mass is 300 g/mol. The summed E-state index contributed by atoms with van der Waals surface area (Å²) in [6.07, 6.45) is 3.95. The normalized spacial score (nSPS) is 12.4. The molecule has 0 unspecified atom stereocenters. The first-order valence-electron chi connectivity index (χ1n) is 7.54. The van der Waals surface area contributed by atoms with Crippen molar-refractivity contribution in [2.75, 3.05) is 0 Å². The third-order valence-electron chi connectivity index (χ3n) is 2.52. The van der Waals surface area contributed by atoms with Gasteiger partial charge in [0.2, 0.25) is 0 Å². The molecule has 0 aliphatic rings. The standard InChI is InChI=1S/C16H32O3Si/c1-9-16(8)11-10-12-20(17-13(2)3,18-14(4)5)19-15(6)7/h9,13-15H,1,8,10-12H2,2-7H3. The van der Waals surface area contributed by atoms with E-state index in [9.17, 15) is 0 Å². The Hall–Kier alpha value is -0.423. The third kappa shape index (κ3) is 8.69. The van der Waals surface area contributed by atoms with Crippen molar-refractivity contribution in [3.05, 3.63) is 24.8 Å². The zero-order valence-corrected chi connectivity index (χ0v) is 15.1. The zero-order chi connectivity index (χ0) is 15.8. The summed E-state index contributed by atoms with van der Waals surface area (Å²) in [6.45, 7) is 19.8. The molecule has 0 atom stereocenters. The van der Waals surface area contributed by atoms with E-state index in [2.05, 4.69) is 13.2 Å². The lowest BCUT2D eigenvalue weighted by atomic mass is 10.2. The summed E-state index contributed by atoms with van der Waals surface area (Å²) in [4.78, 5) is 0. The van der Waals surface area contributed by atoms with Crippen molar-refractivity contribution in [3.63, 3.8) is 0 Å². The van der Waals surface area contributed by atoms with Gasteiger partial charge in [-0.1, -0.05) is 24.8 Å². The molecule has 0 saturated carbocycles. The molecule has 0 aromatic carbocycles. The van der Waals surface area contributed by atoms with E-state index in [4.69, 9.17) is 13.3 Å². The van der Waals surface area contributed by atoms with E-state index in [1.165, 1.54) is 0 Å². The Morgan fingerprint density at radius 1 is 0.950 bits per heavy atom. The van der Waals surface area contributed by atoms with E-state index in [0.717, 1.165) is 24.5 Å². The van der Waals surface area contributed by atoms with Gasteiger partial charge in [0.1, 0.15) is 0 Å². The van der Waals surface area contributed by atoms with Gasteiger partial charge in [-0.3, -0.25) is 0 Å². The summed E-state index contributed by atoms with van der Waals surface area (Å²) in [7, 11) is -2.64. The maximum absolute atomic E-state index is 6.11. The summed E-state index contributed by atoms with van der Waals surface area (Å²) in [5.74, 6) is 0. The van der Waals surface area contributed by atoms with Crippen molar-refractivity contribution >= 4 is 8.80 Å². The van der Waals surface area contributed by atoms with Crippen LogP contribution in [-0.4, -0.2) is 27.1 Å². The van der Waals surface area contributed by atoms with Crippen LogP contribution in [0.15, 0.2) is 24.8 Å². The van der Waals surface area contributed by atoms with Gasteiger partial charge in [-0.05, 0) is 54.4 Å². The van der Waals surface area contributed by atoms with Crippen molar-refractivity contribution in [1.82, 2.24) is 0 Å². The van der Waals surface area contributed by atoms with Crippen LogP contribution >= 0.6 is 0 Å².